The number of nitrogens with two attached hydrogens (primary N) is 1. The molecule has 118 valence electrons. The van der Waals surface area contributed by atoms with E-state index in [1.54, 1.807) is 11.6 Å². The molecule has 0 unspecified atom stereocenters. The Balaban J connectivity index is 3.00. The molecule has 0 saturated carbocycles. The fourth-order valence-corrected chi connectivity index (χ4v) is 2.70. The van der Waals surface area contributed by atoms with Gasteiger partial charge in [-0.15, -0.1) is 0 Å². The Morgan fingerprint density at radius 2 is 2.00 bits per heavy atom. The Labute approximate surface area is 123 Å². The molecule has 0 fully saturated rings. The first-order chi connectivity index (χ1) is 9.90. The quantitative estimate of drug-likeness (QED) is 0.780. The van der Waals surface area contributed by atoms with Crippen LogP contribution in [0.1, 0.15) is 13.3 Å². The maximum atomic E-state index is 12.9. The van der Waals surface area contributed by atoms with Gasteiger partial charge in [0.1, 0.15) is 5.82 Å². The van der Waals surface area contributed by atoms with Gasteiger partial charge in [-0.1, -0.05) is 0 Å². The van der Waals surface area contributed by atoms with Gasteiger partial charge in [0.05, 0.1) is 12.3 Å². The summed E-state index contributed by atoms with van der Waals surface area (Å²) in [5.41, 5.74) is 5.60. The van der Waals surface area contributed by atoms with Crippen LogP contribution in [0.4, 0.5) is 14.9 Å². The van der Waals surface area contributed by atoms with Crippen LogP contribution in [-0.2, 0) is 14.9 Å². The Bertz CT molecular complexity index is 562. The minimum atomic E-state index is -4.15. The predicted octanol–water partition coefficient (Wildman–Crippen LogP) is 0.972. The molecule has 0 aliphatic rings. The third-order valence-corrected chi connectivity index (χ3v) is 3.86. The van der Waals surface area contributed by atoms with Crippen molar-refractivity contribution < 1.29 is 22.3 Å². The highest BCUT2D eigenvalue weighted by Gasteiger charge is 2.24. The van der Waals surface area contributed by atoms with Gasteiger partial charge in [0.15, 0.2) is 0 Å². The SMILES string of the molecule is CCOC(=O)NS(=O)(=O)N(CCCN)c1ccc(F)cc1. The molecule has 0 atom stereocenters. The number of hydrogen-bond donors (Lipinski definition) is 2. The largest absolute Gasteiger partial charge is 0.449 e. The number of nitrogens with zero attached hydrogens (tertiary/aromatic N) is 1. The summed E-state index contributed by atoms with van der Waals surface area (Å²) in [6, 6.07) is 4.86. The summed E-state index contributed by atoms with van der Waals surface area (Å²) < 4.78 is 44.6. The lowest BCUT2D eigenvalue weighted by molar-refractivity contribution is 0.158. The maximum Gasteiger partial charge on any atom is 0.422 e. The summed E-state index contributed by atoms with van der Waals surface area (Å²) in [6.45, 7) is 1.92. The van der Waals surface area contributed by atoms with Gasteiger partial charge in [-0.2, -0.15) is 8.42 Å². The highest BCUT2D eigenvalue weighted by Crippen LogP contribution is 2.18. The van der Waals surface area contributed by atoms with E-state index in [0.717, 1.165) is 16.4 Å². The monoisotopic (exact) mass is 319 g/mol. The predicted molar refractivity (Wildman–Crippen MR) is 76.5 cm³/mol. The summed E-state index contributed by atoms with van der Waals surface area (Å²) in [4.78, 5) is 11.3. The highest BCUT2D eigenvalue weighted by molar-refractivity contribution is 7.91. The van der Waals surface area contributed by atoms with E-state index >= 15 is 0 Å². The molecule has 0 aliphatic heterocycles. The first-order valence-corrected chi connectivity index (χ1v) is 7.77. The lowest BCUT2D eigenvalue weighted by atomic mass is 10.3. The normalized spacial score (nSPS) is 11.0. The van der Waals surface area contributed by atoms with Crippen LogP contribution in [0, 0.1) is 5.82 Å². The number of carbonyl (C=O) groups excluding carboxylic acids is 1. The summed E-state index contributed by atoms with van der Waals surface area (Å²) in [5.74, 6) is -0.492. The van der Waals surface area contributed by atoms with Crippen molar-refractivity contribution in [2.45, 2.75) is 13.3 Å². The Hall–Kier alpha value is -1.87. The number of hydrogen-bond acceptors (Lipinski definition) is 5. The molecule has 21 heavy (non-hydrogen) atoms. The van der Waals surface area contributed by atoms with Crippen molar-refractivity contribution in [3.05, 3.63) is 30.1 Å². The van der Waals surface area contributed by atoms with Crippen LogP contribution in [0.15, 0.2) is 24.3 Å². The second kappa shape index (κ2) is 7.79. The molecule has 0 aromatic heterocycles. The molecule has 0 spiro atoms. The number of nitrogens with one attached hydrogen (secondary N) is 1. The third-order valence-electron chi connectivity index (χ3n) is 2.46. The van der Waals surface area contributed by atoms with Crippen LogP contribution >= 0.6 is 0 Å². The zero-order valence-corrected chi connectivity index (χ0v) is 12.4. The molecule has 0 radical (unpaired) electrons. The number of carbonyl (C=O) groups is 1. The van der Waals surface area contributed by atoms with Gasteiger partial charge in [-0.05, 0) is 44.2 Å². The molecule has 1 amide bonds. The third kappa shape index (κ3) is 5.20. The van der Waals surface area contributed by atoms with E-state index in [1.165, 1.54) is 12.1 Å². The Kier molecular flexibility index (Phi) is 6.38. The number of benzene rings is 1. The molecule has 3 N–H and O–H groups in total. The molecule has 9 heteroatoms. The fraction of sp³-hybridized carbons (Fsp3) is 0.417. The van der Waals surface area contributed by atoms with Crippen molar-refractivity contribution in [1.82, 2.24) is 4.72 Å². The van der Waals surface area contributed by atoms with Gasteiger partial charge in [0.25, 0.3) is 0 Å². The lowest BCUT2D eigenvalue weighted by Gasteiger charge is -2.24. The van der Waals surface area contributed by atoms with Crippen molar-refractivity contribution in [2.24, 2.45) is 5.73 Å². The van der Waals surface area contributed by atoms with Crippen molar-refractivity contribution >= 4 is 22.0 Å². The standard InChI is InChI=1S/C12H18FN3O4S/c1-2-20-12(17)15-21(18,19)16(9-3-8-14)11-6-4-10(13)5-7-11/h4-7H,2-3,8-9,14H2,1H3,(H,15,17). The number of ether oxygens (including phenoxy) is 1. The highest BCUT2D eigenvalue weighted by atomic mass is 32.2. The molecule has 0 heterocycles. The van der Waals surface area contributed by atoms with Crippen molar-refractivity contribution in [1.29, 1.82) is 0 Å². The summed E-state index contributed by atoms with van der Waals surface area (Å²) >= 11 is 0. The average Bonchev–Trinajstić information content (AvgIpc) is 2.40. The van der Waals surface area contributed by atoms with Gasteiger partial charge in [0, 0.05) is 6.54 Å². The zero-order chi connectivity index (χ0) is 15.9. The molecular formula is C12H18FN3O4S. The fourth-order valence-electron chi connectivity index (χ4n) is 1.55. The Morgan fingerprint density at radius 1 is 1.38 bits per heavy atom. The van der Waals surface area contributed by atoms with E-state index in [9.17, 15) is 17.6 Å². The van der Waals surface area contributed by atoms with E-state index in [2.05, 4.69) is 4.74 Å². The molecule has 1 aromatic rings. The zero-order valence-electron chi connectivity index (χ0n) is 11.6. The van der Waals surface area contributed by atoms with Gasteiger partial charge in [-0.3, -0.25) is 4.31 Å². The molecule has 7 nitrogen and oxygen atoms in total. The summed E-state index contributed by atoms with van der Waals surface area (Å²) in [5, 5.41) is 0. The van der Waals surface area contributed by atoms with Gasteiger partial charge in [-0.25, -0.2) is 13.9 Å². The molecule has 0 saturated heterocycles. The van der Waals surface area contributed by atoms with Crippen LogP contribution in [0.25, 0.3) is 0 Å². The van der Waals surface area contributed by atoms with Crippen molar-refractivity contribution in [3.63, 3.8) is 0 Å². The number of rotatable bonds is 7. The van der Waals surface area contributed by atoms with Gasteiger partial charge in [0.2, 0.25) is 0 Å². The Morgan fingerprint density at radius 3 is 2.52 bits per heavy atom. The maximum absolute atomic E-state index is 12.9. The topological polar surface area (TPSA) is 102 Å². The first-order valence-electron chi connectivity index (χ1n) is 6.33. The second-order valence-electron chi connectivity index (χ2n) is 4.02. The average molecular weight is 319 g/mol. The van der Waals surface area contributed by atoms with E-state index in [-0.39, 0.29) is 25.4 Å². The molecule has 1 aromatic carbocycles. The molecular weight excluding hydrogens is 301 g/mol. The van der Waals surface area contributed by atoms with Crippen LogP contribution in [0.5, 0.6) is 0 Å². The van der Waals surface area contributed by atoms with Crippen LogP contribution in [-0.4, -0.2) is 34.2 Å². The first kappa shape index (κ1) is 17.2. The number of anilines is 1. The van der Waals surface area contributed by atoms with Crippen LogP contribution in [0.3, 0.4) is 0 Å². The van der Waals surface area contributed by atoms with Crippen molar-refractivity contribution in [2.75, 3.05) is 24.0 Å². The van der Waals surface area contributed by atoms with E-state index in [1.807, 2.05) is 0 Å². The van der Waals surface area contributed by atoms with Gasteiger partial charge >= 0.3 is 16.3 Å². The molecule has 0 aliphatic carbocycles. The lowest BCUT2D eigenvalue weighted by Crippen LogP contribution is -2.44. The smallest absolute Gasteiger partial charge is 0.422 e. The number of amides is 1. The van der Waals surface area contributed by atoms with E-state index in [0.29, 0.717) is 6.42 Å². The van der Waals surface area contributed by atoms with E-state index < -0.39 is 22.1 Å². The minimum absolute atomic E-state index is 0.0424. The summed E-state index contributed by atoms with van der Waals surface area (Å²) in [6.07, 6.45) is -0.696. The number of halogens is 1. The molecule has 0 bridgehead atoms. The second-order valence-corrected chi connectivity index (χ2v) is 5.61. The van der Waals surface area contributed by atoms with E-state index in [4.69, 9.17) is 5.73 Å². The van der Waals surface area contributed by atoms with Crippen LogP contribution in [0.2, 0.25) is 0 Å². The van der Waals surface area contributed by atoms with Gasteiger partial charge < -0.3 is 10.5 Å². The molecule has 1 rings (SSSR count). The van der Waals surface area contributed by atoms with Crippen LogP contribution < -0.4 is 14.8 Å². The minimum Gasteiger partial charge on any atom is -0.449 e. The summed E-state index contributed by atoms with van der Waals surface area (Å²) in [7, 11) is -4.15. The van der Waals surface area contributed by atoms with Crippen molar-refractivity contribution in [3.8, 4) is 0 Å².